The van der Waals surface area contributed by atoms with E-state index >= 15 is 0 Å². The van der Waals surface area contributed by atoms with E-state index in [4.69, 9.17) is 10.5 Å². The molecule has 29 heavy (non-hydrogen) atoms. The zero-order valence-electron chi connectivity index (χ0n) is 15.1. The second-order valence-corrected chi connectivity index (χ2v) is 5.81. The van der Waals surface area contributed by atoms with Gasteiger partial charge in [-0.2, -0.15) is 4.68 Å². The van der Waals surface area contributed by atoms with Gasteiger partial charge in [0.2, 0.25) is 0 Å². The minimum atomic E-state index is -4.79. The fourth-order valence-corrected chi connectivity index (χ4v) is 2.44. The molecule has 152 valence electrons. The van der Waals surface area contributed by atoms with Crippen molar-refractivity contribution in [2.24, 2.45) is 0 Å². The van der Waals surface area contributed by atoms with Crippen LogP contribution in [0.15, 0.2) is 48.5 Å². The first-order chi connectivity index (χ1) is 13.8. The molecular weight excluding hydrogens is 391 g/mol. The molecule has 0 aliphatic carbocycles. The van der Waals surface area contributed by atoms with E-state index < -0.39 is 18.0 Å². The second-order valence-electron chi connectivity index (χ2n) is 5.81. The van der Waals surface area contributed by atoms with Gasteiger partial charge in [-0.15, -0.1) is 18.3 Å². The molecule has 1 amide bonds. The number of nitrogens with two attached hydrogens (primary N) is 1. The van der Waals surface area contributed by atoms with Crippen LogP contribution >= 0.6 is 0 Å². The number of ether oxygens (including phenoxy) is 2. The summed E-state index contributed by atoms with van der Waals surface area (Å²) in [5, 5.41) is 10.2. The Kier molecular flexibility index (Phi) is 5.57. The molecule has 0 bridgehead atoms. The molecule has 0 saturated carbocycles. The number of methoxy groups -OCH3 is 1. The van der Waals surface area contributed by atoms with Gasteiger partial charge in [0.15, 0.2) is 11.5 Å². The summed E-state index contributed by atoms with van der Waals surface area (Å²) in [4.78, 5) is 12.3. The standard InChI is InChI=1S/C18H16F3N5O3/c1-28-13-6-2-11(3-7-13)10-23-17(27)15-16(22)26(25-24-15)12-4-8-14(9-5-12)29-18(19,20)21/h2-9H,10,22H2,1H3,(H,23,27). The molecule has 3 rings (SSSR count). The van der Waals surface area contributed by atoms with E-state index in [1.54, 1.807) is 31.4 Å². The highest BCUT2D eigenvalue weighted by Gasteiger charge is 2.31. The first-order valence-corrected chi connectivity index (χ1v) is 8.25. The maximum absolute atomic E-state index is 12.3. The van der Waals surface area contributed by atoms with Crippen molar-refractivity contribution >= 4 is 11.7 Å². The number of nitrogens with zero attached hydrogens (tertiary/aromatic N) is 3. The summed E-state index contributed by atoms with van der Waals surface area (Å²) >= 11 is 0. The van der Waals surface area contributed by atoms with Gasteiger partial charge in [0.25, 0.3) is 5.91 Å². The van der Waals surface area contributed by atoms with Crippen LogP contribution in [-0.4, -0.2) is 34.4 Å². The van der Waals surface area contributed by atoms with E-state index in [0.29, 0.717) is 11.4 Å². The van der Waals surface area contributed by atoms with Crippen LogP contribution < -0.4 is 20.5 Å². The highest BCUT2D eigenvalue weighted by Crippen LogP contribution is 2.24. The Morgan fingerprint density at radius 1 is 1.10 bits per heavy atom. The number of anilines is 1. The molecule has 11 heteroatoms. The third kappa shape index (κ3) is 4.94. The monoisotopic (exact) mass is 407 g/mol. The van der Waals surface area contributed by atoms with E-state index in [0.717, 1.165) is 22.4 Å². The largest absolute Gasteiger partial charge is 0.573 e. The van der Waals surface area contributed by atoms with E-state index in [-0.39, 0.29) is 18.1 Å². The lowest BCUT2D eigenvalue weighted by Gasteiger charge is -2.09. The van der Waals surface area contributed by atoms with Crippen molar-refractivity contribution in [1.29, 1.82) is 0 Å². The summed E-state index contributed by atoms with van der Waals surface area (Å²) in [7, 11) is 1.56. The zero-order chi connectivity index (χ0) is 21.0. The van der Waals surface area contributed by atoms with Gasteiger partial charge in [0.1, 0.15) is 11.5 Å². The van der Waals surface area contributed by atoms with Crippen LogP contribution in [0.2, 0.25) is 0 Å². The lowest BCUT2D eigenvalue weighted by molar-refractivity contribution is -0.274. The van der Waals surface area contributed by atoms with Crippen molar-refractivity contribution in [1.82, 2.24) is 20.3 Å². The number of nitrogens with one attached hydrogen (secondary N) is 1. The molecule has 0 fully saturated rings. The van der Waals surface area contributed by atoms with Crippen LogP contribution in [0.1, 0.15) is 16.1 Å². The molecule has 3 N–H and O–H groups in total. The topological polar surface area (TPSA) is 104 Å². The van der Waals surface area contributed by atoms with Crippen LogP contribution in [0, 0.1) is 0 Å². The van der Waals surface area contributed by atoms with Crippen LogP contribution in [0.5, 0.6) is 11.5 Å². The molecule has 3 aromatic rings. The quantitative estimate of drug-likeness (QED) is 0.651. The number of nitrogen functional groups attached to an aromatic ring is 1. The number of halogens is 3. The highest BCUT2D eigenvalue weighted by atomic mass is 19.4. The van der Waals surface area contributed by atoms with Gasteiger partial charge in [-0.25, -0.2) is 0 Å². The molecule has 8 nitrogen and oxygen atoms in total. The van der Waals surface area contributed by atoms with Gasteiger partial charge in [-0.05, 0) is 42.0 Å². The number of benzene rings is 2. The van der Waals surface area contributed by atoms with Crippen LogP contribution in [0.3, 0.4) is 0 Å². The molecular formula is C18H16F3N5O3. The third-order valence-electron chi connectivity index (χ3n) is 3.85. The van der Waals surface area contributed by atoms with Gasteiger partial charge in [-0.1, -0.05) is 17.3 Å². The number of aromatic nitrogens is 3. The first kappa shape index (κ1) is 20.0. The van der Waals surface area contributed by atoms with Crippen molar-refractivity contribution in [3.8, 4) is 17.2 Å². The first-order valence-electron chi connectivity index (χ1n) is 8.25. The van der Waals surface area contributed by atoms with Crippen LogP contribution in [-0.2, 0) is 6.54 Å². The smallest absolute Gasteiger partial charge is 0.497 e. The highest BCUT2D eigenvalue weighted by molar-refractivity contribution is 5.96. The second kappa shape index (κ2) is 8.09. The molecule has 2 aromatic carbocycles. The third-order valence-corrected chi connectivity index (χ3v) is 3.85. The predicted molar refractivity (Wildman–Crippen MR) is 96.6 cm³/mol. The predicted octanol–water partition coefficient (Wildman–Crippen LogP) is 2.69. The Labute approximate surface area is 163 Å². The van der Waals surface area contributed by atoms with Crippen LogP contribution in [0.4, 0.5) is 19.0 Å². The minimum Gasteiger partial charge on any atom is -0.497 e. The van der Waals surface area contributed by atoms with E-state index in [9.17, 15) is 18.0 Å². The average molecular weight is 407 g/mol. The summed E-state index contributed by atoms with van der Waals surface area (Å²) in [5.74, 6) is -0.292. The number of hydrogen-bond acceptors (Lipinski definition) is 6. The number of carbonyl (C=O) groups excluding carboxylic acids is 1. The van der Waals surface area contributed by atoms with E-state index in [2.05, 4.69) is 20.4 Å². The molecule has 0 aliphatic heterocycles. The Morgan fingerprint density at radius 2 is 1.72 bits per heavy atom. The van der Waals surface area contributed by atoms with E-state index in [1.165, 1.54) is 12.1 Å². The van der Waals surface area contributed by atoms with Gasteiger partial charge < -0.3 is 20.5 Å². The zero-order valence-corrected chi connectivity index (χ0v) is 15.1. The van der Waals surface area contributed by atoms with Crippen molar-refractivity contribution < 1.29 is 27.4 Å². The number of amides is 1. The van der Waals surface area contributed by atoms with Crippen molar-refractivity contribution in [3.05, 3.63) is 59.8 Å². The SMILES string of the molecule is COc1ccc(CNC(=O)c2nnn(-c3ccc(OC(F)(F)F)cc3)c2N)cc1. The summed E-state index contributed by atoms with van der Waals surface area (Å²) in [6.07, 6.45) is -4.79. The number of alkyl halides is 3. The van der Waals surface area contributed by atoms with Gasteiger partial charge >= 0.3 is 6.36 Å². The Morgan fingerprint density at radius 3 is 2.31 bits per heavy atom. The Bertz CT molecular complexity index is 985. The van der Waals surface area contributed by atoms with Crippen molar-refractivity contribution in [3.63, 3.8) is 0 Å². The minimum absolute atomic E-state index is 0.0540. The fraction of sp³-hybridized carbons (Fsp3) is 0.167. The number of hydrogen-bond donors (Lipinski definition) is 2. The molecule has 0 spiro atoms. The normalized spacial score (nSPS) is 11.2. The van der Waals surface area contributed by atoms with Gasteiger partial charge in [0, 0.05) is 6.54 Å². The maximum Gasteiger partial charge on any atom is 0.573 e. The number of carbonyl (C=O) groups is 1. The van der Waals surface area contributed by atoms with Gasteiger partial charge in [0.05, 0.1) is 12.8 Å². The molecule has 0 saturated heterocycles. The summed E-state index contributed by atoms with van der Waals surface area (Å²) in [5.41, 5.74) is 6.99. The van der Waals surface area contributed by atoms with Crippen molar-refractivity contribution in [2.75, 3.05) is 12.8 Å². The fourth-order valence-electron chi connectivity index (χ4n) is 2.44. The molecule has 0 atom stereocenters. The van der Waals surface area contributed by atoms with Crippen LogP contribution in [0.25, 0.3) is 5.69 Å². The summed E-state index contributed by atoms with van der Waals surface area (Å²) < 4.78 is 46.7. The summed E-state index contributed by atoms with van der Waals surface area (Å²) in [6, 6.07) is 11.9. The summed E-state index contributed by atoms with van der Waals surface area (Å²) in [6.45, 7) is 0.235. The lowest BCUT2D eigenvalue weighted by Crippen LogP contribution is -2.24. The maximum atomic E-state index is 12.3. The Hall–Kier alpha value is -3.76. The van der Waals surface area contributed by atoms with Gasteiger partial charge in [-0.3, -0.25) is 4.79 Å². The van der Waals surface area contributed by atoms with Crippen molar-refractivity contribution in [2.45, 2.75) is 12.9 Å². The number of rotatable bonds is 6. The average Bonchev–Trinajstić information content (AvgIpc) is 3.07. The molecule has 0 aliphatic rings. The Balaban J connectivity index is 1.68. The lowest BCUT2D eigenvalue weighted by atomic mass is 10.2. The molecule has 0 radical (unpaired) electrons. The molecule has 1 heterocycles. The molecule has 0 unspecified atom stereocenters. The van der Waals surface area contributed by atoms with E-state index in [1.807, 2.05) is 0 Å². The molecule has 1 aromatic heterocycles.